The molecular formula is C16H23N3. The van der Waals surface area contributed by atoms with Crippen LogP contribution in [0.3, 0.4) is 0 Å². The zero-order chi connectivity index (χ0) is 13.2. The normalized spacial score (nSPS) is 19.5. The van der Waals surface area contributed by atoms with E-state index in [2.05, 4.69) is 29.4 Å². The molecule has 0 aliphatic heterocycles. The van der Waals surface area contributed by atoms with Gasteiger partial charge in [-0.2, -0.15) is 5.10 Å². The van der Waals surface area contributed by atoms with Gasteiger partial charge in [-0.15, -0.1) is 0 Å². The van der Waals surface area contributed by atoms with Crippen molar-refractivity contribution < 1.29 is 0 Å². The molecule has 19 heavy (non-hydrogen) atoms. The second kappa shape index (κ2) is 5.33. The van der Waals surface area contributed by atoms with Gasteiger partial charge < -0.3 is 5.73 Å². The topological polar surface area (TPSA) is 43.8 Å². The molecule has 1 atom stereocenters. The Bertz CT molecular complexity index is 550. The van der Waals surface area contributed by atoms with E-state index < -0.39 is 0 Å². The Labute approximate surface area is 114 Å². The van der Waals surface area contributed by atoms with Crippen LogP contribution in [0.25, 0.3) is 10.9 Å². The molecule has 0 bridgehead atoms. The van der Waals surface area contributed by atoms with Gasteiger partial charge in [0.15, 0.2) is 0 Å². The van der Waals surface area contributed by atoms with E-state index >= 15 is 0 Å². The minimum absolute atomic E-state index is 0.0872. The fraction of sp³-hybridized carbons (Fsp3) is 0.562. The molecule has 1 aliphatic rings. The van der Waals surface area contributed by atoms with Gasteiger partial charge in [0.05, 0.1) is 17.3 Å². The molecule has 0 amide bonds. The first kappa shape index (κ1) is 12.7. The zero-order valence-corrected chi connectivity index (χ0v) is 11.7. The largest absolute Gasteiger partial charge is 0.322 e. The molecule has 2 aromatic rings. The Hall–Kier alpha value is -1.35. The summed E-state index contributed by atoms with van der Waals surface area (Å²) in [6, 6.07) is 8.49. The lowest BCUT2D eigenvalue weighted by Gasteiger charge is -2.20. The van der Waals surface area contributed by atoms with Gasteiger partial charge in [-0.25, -0.2) is 0 Å². The van der Waals surface area contributed by atoms with E-state index in [0.29, 0.717) is 5.92 Å². The number of para-hydroxylation sites is 1. The second-order valence-corrected chi connectivity index (χ2v) is 5.80. The lowest BCUT2D eigenvalue weighted by molar-refractivity contribution is 0.376. The number of aromatic nitrogens is 2. The highest BCUT2D eigenvalue weighted by Gasteiger charge is 2.24. The van der Waals surface area contributed by atoms with Gasteiger partial charge in [0.2, 0.25) is 0 Å². The number of benzene rings is 1. The Morgan fingerprint density at radius 1 is 1.16 bits per heavy atom. The van der Waals surface area contributed by atoms with E-state index in [9.17, 15) is 0 Å². The van der Waals surface area contributed by atoms with E-state index in [1.54, 1.807) is 0 Å². The lowest BCUT2D eigenvalue weighted by atomic mass is 9.89. The van der Waals surface area contributed by atoms with Crippen molar-refractivity contribution in [1.29, 1.82) is 0 Å². The molecule has 3 heteroatoms. The minimum atomic E-state index is 0.0872. The highest BCUT2D eigenvalue weighted by atomic mass is 15.3. The summed E-state index contributed by atoms with van der Waals surface area (Å²) < 4.78 is 1.96. The van der Waals surface area contributed by atoms with Crippen LogP contribution >= 0.6 is 0 Å². The Morgan fingerprint density at radius 2 is 1.84 bits per heavy atom. The predicted molar refractivity (Wildman–Crippen MR) is 78.8 cm³/mol. The summed E-state index contributed by atoms with van der Waals surface area (Å²) >= 11 is 0. The van der Waals surface area contributed by atoms with Crippen molar-refractivity contribution in [2.24, 2.45) is 18.7 Å². The van der Waals surface area contributed by atoms with Crippen LogP contribution in [-0.4, -0.2) is 9.78 Å². The summed E-state index contributed by atoms with van der Waals surface area (Å²) in [5, 5.41) is 5.91. The van der Waals surface area contributed by atoms with Crippen molar-refractivity contribution in [3.05, 3.63) is 30.0 Å². The van der Waals surface area contributed by atoms with Crippen molar-refractivity contribution in [3.63, 3.8) is 0 Å². The van der Waals surface area contributed by atoms with Crippen LogP contribution in [0.1, 0.15) is 50.3 Å². The number of hydrogen-bond donors (Lipinski definition) is 1. The average molecular weight is 257 g/mol. The Morgan fingerprint density at radius 3 is 2.58 bits per heavy atom. The number of fused-ring (bicyclic) bond motifs is 1. The summed E-state index contributed by atoms with van der Waals surface area (Å²) in [7, 11) is 2.01. The van der Waals surface area contributed by atoms with Gasteiger partial charge in [0.25, 0.3) is 0 Å². The monoisotopic (exact) mass is 257 g/mol. The highest BCUT2D eigenvalue weighted by Crippen LogP contribution is 2.34. The number of hydrogen-bond acceptors (Lipinski definition) is 2. The van der Waals surface area contributed by atoms with Crippen LogP contribution in [0.5, 0.6) is 0 Å². The molecule has 3 rings (SSSR count). The summed E-state index contributed by atoms with van der Waals surface area (Å²) in [5.41, 5.74) is 8.81. The SMILES string of the molecule is Cn1nc(C(N)C2CCCCCC2)c2ccccc21. The molecule has 0 saturated heterocycles. The van der Waals surface area contributed by atoms with Gasteiger partial charge in [0.1, 0.15) is 0 Å². The van der Waals surface area contributed by atoms with Crippen molar-refractivity contribution in [1.82, 2.24) is 9.78 Å². The van der Waals surface area contributed by atoms with Crippen LogP contribution in [0.4, 0.5) is 0 Å². The van der Waals surface area contributed by atoms with E-state index in [-0.39, 0.29) is 6.04 Å². The van der Waals surface area contributed by atoms with Crippen LogP contribution in [0, 0.1) is 5.92 Å². The fourth-order valence-corrected chi connectivity index (χ4v) is 3.38. The maximum atomic E-state index is 6.54. The van der Waals surface area contributed by atoms with Gasteiger partial charge >= 0.3 is 0 Å². The number of aryl methyl sites for hydroxylation is 1. The number of rotatable bonds is 2. The summed E-state index contributed by atoms with van der Waals surface area (Å²) in [6.07, 6.45) is 7.89. The maximum absolute atomic E-state index is 6.54. The summed E-state index contributed by atoms with van der Waals surface area (Å²) in [5.74, 6) is 0.598. The molecule has 1 aromatic carbocycles. The first-order valence-corrected chi connectivity index (χ1v) is 7.44. The van der Waals surface area contributed by atoms with Crippen LogP contribution in [0.15, 0.2) is 24.3 Å². The zero-order valence-electron chi connectivity index (χ0n) is 11.7. The third-order valence-corrected chi connectivity index (χ3v) is 4.51. The molecule has 1 aromatic heterocycles. The average Bonchev–Trinajstić information content (AvgIpc) is 2.64. The van der Waals surface area contributed by atoms with E-state index in [1.165, 1.54) is 49.4 Å². The van der Waals surface area contributed by atoms with Crippen LogP contribution in [-0.2, 0) is 7.05 Å². The van der Waals surface area contributed by atoms with Crippen LogP contribution < -0.4 is 5.73 Å². The van der Waals surface area contributed by atoms with E-state index in [4.69, 9.17) is 5.73 Å². The van der Waals surface area contributed by atoms with Gasteiger partial charge in [-0.1, -0.05) is 43.9 Å². The number of nitrogens with two attached hydrogens (primary N) is 1. The molecule has 1 saturated carbocycles. The van der Waals surface area contributed by atoms with E-state index in [1.807, 2.05) is 11.7 Å². The third-order valence-electron chi connectivity index (χ3n) is 4.51. The third kappa shape index (κ3) is 2.39. The molecule has 3 nitrogen and oxygen atoms in total. The molecule has 1 heterocycles. The van der Waals surface area contributed by atoms with Crippen molar-refractivity contribution >= 4 is 10.9 Å². The quantitative estimate of drug-likeness (QED) is 0.836. The van der Waals surface area contributed by atoms with Gasteiger partial charge in [-0.05, 0) is 24.8 Å². The summed E-state index contributed by atoms with van der Waals surface area (Å²) in [4.78, 5) is 0. The Balaban J connectivity index is 1.94. The molecule has 0 radical (unpaired) electrons. The van der Waals surface area contributed by atoms with Crippen molar-refractivity contribution in [2.75, 3.05) is 0 Å². The highest BCUT2D eigenvalue weighted by molar-refractivity contribution is 5.82. The second-order valence-electron chi connectivity index (χ2n) is 5.80. The first-order valence-electron chi connectivity index (χ1n) is 7.44. The first-order chi connectivity index (χ1) is 9.27. The molecule has 1 unspecified atom stereocenters. The molecular weight excluding hydrogens is 234 g/mol. The smallest absolute Gasteiger partial charge is 0.0873 e. The summed E-state index contributed by atoms with van der Waals surface area (Å²) in [6.45, 7) is 0. The molecule has 102 valence electrons. The van der Waals surface area contributed by atoms with Gasteiger partial charge in [0, 0.05) is 12.4 Å². The Kier molecular flexibility index (Phi) is 3.56. The van der Waals surface area contributed by atoms with Crippen molar-refractivity contribution in [2.45, 2.75) is 44.6 Å². The molecule has 1 aliphatic carbocycles. The molecule has 1 fully saturated rings. The predicted octanol–water partition coefficient (Wildman–Crippen LogP) is 3.54. The maximum Gasteiger partial charge on any atom is 0.0873 e. The molecule has 0 spiro atoms. The standard InChI is InChI=1S/C16H23N3/c1-19-14-11-7-6-10-13(14)16(18-19)15(17)12-8-4-2-3-5-9-12/h6-7,10-12,15H,2-5,8-9,17H2,1H3. The fourth-order valence-electron chi connectivity index (χ4n) is 3.38. The lowest BCUT2D eigenvalue weighted by Crippen LogP contribution is -2.22. The number of nitrogens with zero attached hydrogens (tertiary/aromatic N) is 2. The van der Waals surface area contributed by atoms with Crippen molar-refractivity contribution in [3.8, 4) is 0 Å². The molecule has 2 N–H and O–H groups in total. The van der Waals surface area contributed by atoms with E-state index in [0.717, 1.165) is 5.69 Å². The minimum Gasteiger partial charge on any atom is -0.322 e. The van der Waals surface area contributed by atoms with Crippen LogP contribution in [0.2, 0.25) is 0 Å². The van der Waals surface area contributed by atoms with Gasteiger partial charge in [-0.3, -0.25) is 4.68 Å².